The molecule has 134 valence electrons. The fraction of sp³-hybridized carbons (Fsp3) is 0.318. The zero-order valence-corrected chi connectivity index (χ0v) is 14.8. The number of hydrogen-bond donors (Lipinski definition) is 0. The van der Waals surface area contributed by atoms with E-state index in [1.54, 1.807) is 6.21 Å². The van der Waals surface area contributed by atoms with Gasteiger partial charge in [0.15, 0.2) is 0 Å². The summed E-state index contributed by atoms with van der Waals surface area (Å²) >= 11 is 0. The van der Waals surface area contributed by atoms with Crippen molar-refractivity contribution in [1.29, 1.82) is 0 Å². The lowest BCUT2D eigenvalue weighted by atomic mass is 9.63. The Balaban J connectivity index is 1.49. The zero-order chi connectivity index (χ0) is 18.5. The van der Waals surface area contributed by atoms with E-state index < -0.39 is 0 Å². The molecule has 4 aliphatic rings. The van der Waals surface area contributed by atoms with Crippen molar-refractivity contribution in [3.05, 3.63) is 48.2 Å². The van der Waals surface area contributed by atoms with Gasteiger partial charge in [-0.05, 0) is 30.7 Å². The molecule has 1 saturated heterocycles. The minimum absolute atomic E-state index is 0.160. The van der Waals surface area contributed by atoms with E-state index in [0.717, 1.165) is 34.3 Å². The lowest BCUT2D eigenvalue weighted by Gasteiger charge is -2.37. The van der Waals surface area contributed by atoms with Crippen LogP contribution in [0.15, 0.2) is 47.7 Å². The van der Waals surface area contributed by atoms with Crippen molar-refractivity contribution in [2.24, 2.45) is 28.8 Å². The Labute approximate surface area is 157 Å². The van der Waals surface area contributed by atoms with Crippen molar-refractivity contribution in [2.75, 3.05) is 0 Å². The van der Waals surface area contributed by atoms with Crippen LogP contribution >= 0.6 is 0 Å². The third-order valence-corrected chi connectivity index (χ3v) is 6.13. The SMILES string of the molecule is C#CCn1cc(/C=N\N2C(=O)[C@@H]3[C@H](C2=O)[C@H]2C=C[C@H]3CC2)c2ccccc21. The lowest BCUT2D eigenvalue weighted by molar-refractivity contribution is -0.140. The van der Waals surface area contributed by atoms with Crippen molar-refractivity contribution in [3.8, 4) is 12.3 Å². The molecule has 2 aromatic rings. The smallest absolute Gasteiger partial charge is 0.254 e. The fourth-order valence-corrected chi connectivity index (χ4v) is 4.90. The van der Waals surface area contributed by atoms with Gasteiger partial charge in [-0.3, -0.25) is 9.59 Å². The molecule has 27 heavy (non-hydrogen) atoms. The molecule has 1 aliphatic heterocycles. The number of carbonyl (C=O) groups is 2. The summed E-state index contributed by atoms with van der Waals surface area (Å²) in [6.07, 6.45) is 15.2. The lowest BCUT2D eigenvalue weighted by Crippen LogP contribution is -2.38. The molecule has 1 aromatic carbocycles. The number of nitrogens with zero attached hydrogens (tertiary/aromatic N) is 3. The molecule has 2 amide bonds. The van der Waals surface area contributed by atoms with Crippen LogP contribution in [0.4, 0.5) is 0 Å². The number of benzene rings is 1. The maximum Gasteiger partial charge on any atom is 0.254 e. The van der Waals surface area contributed by atoms with Crippen LogP contribution < -0.4 is 0 Å². The second-order valence-corrected chi connectivity index (χ2v) is 7.51. The van der Waals surface area contributed by atoms with Gasteiger partial charge >= 0.3 is 0 Å². The number of imide groups is 1. The Bertz CT molecular complexity index is 1020. The quantitative estimate of drug-likeness (QED) is 0.367. The monoisotopic (exact) mass is 357 g/mol. The Morgan fingerprint density at radius 2 is 1.78 bits per heavy atom. The number of hydrogen-bond acceptors (Lipinski definition) is 3. The summed E-state index contributed by atoms with van der Waals surface area (Å²) in [4.78, 5) is 25.7. The molecule has 2 heterocycles. The van der Waals surface area contributed by atoms with Crippen LogP contribution in [0.2, 0.25) is 0 Å². The Morgan fingerprint density at radius 3 is 2.41 bits per heavy atom. The molecular formula is C22H19N3O2. The summed E-state index contributed by atoms with van der Waals surface area (Å²) in [5, 5.41) is 6.41. The molecular weight excluding hydrogens is 338 g/mol. The minimum atomic E-state index is -0.235. The highest BCUT2D eigenvalue weighted by atomic mass is 16.2. The van der Waals surface area contributed by atoms with Crippen LogP contribution in [0.25, 0.3) is 10.9 Å². The van der Waals surface area contributed by atoms with E-state index >= 15 is 0 Å². The third kappa shape index (κ3) is 2.30. The summed E-state index contributed by atoms with van der Waals surface area (Å²) in [6.45, 7) is 0.453. The maximum absolute atomic E-state index is 12.9. The van der Waals surface area contributed by atoms with E-state index in [1.165, 1.54) is 0 Å². The highest BCUT2D eigenvalue weighted by Gasteiger charge is 2.56. The van der Waals surface area contributed by atoms with Gasteiger partial charge in [0.1, 0.15) is 0 Å². The third-order valence-electron chi connectivity index (χ3n) is 6.13. The predicted molar refractivity (Wildman–Crippen MR) is 103 cm³/mol. The van der Waals surface area contributed by atoms with Gasteiger partial charge in [-0.25, -0.2) is 0 Å². The van der Waals surface area contributed by atoms with E-state index in [4.69, 9.17) is 6.42 Å². The molecule has 3 aliphatic carbocycles. The van der Waals surface area contributed by atoms with Gasteiger partial charge in [0.2, 0.25) is 0 Å². The molecule has 2 bridgehead atoms. The zero-order valence-electron chi connectivity index (χ0n) is 14.8. The predicted octanol–water partition coefficient (Wildman–Crippen LogP) is 2.81. The number of rotatable bonds is 3. The standard InChI is InChI=1S/C22H19N3O2/c1-2-11-24-13-16(17-5-3-4-6-18(17)24)12-23-25-21(26)19-14-7-8-15(10-9-14)20(19)22(25)27/h1,3-8,12-15,19-20H,9-11H2/b23-12-/t14-,15-,19-,20+/m0/s1. The number of aromatic nitrogens is 1. The molecule has 5 nitrogen and oxygen atoms in total. The van der Waals surface area contributed by atoms with Crippen molar-refractivity contribution < 1.29 is 9.59 Å². The molecule has 1 aromatic heterocycles. The molecule has 1 saturated carbocycles. The summed E-state index contributed by atoms with van der Waals surface area (Å²) in [6, 6.07) is 7.89. The first-order valence-electron chi connectivity index (χ1n) is 9.30. The Hall–Kier alpha value is -3.13. The largest absolute Gasteiger partial charge is 0.335 e. The van der Waals surface area contributed by atoms with E-state index in [1.807, 2.05) is 35.0 Å². The van der Waals surface area contributed by atoms with Crippen LogP contribution in [0, 0.1) is 36.0 Å². The average Bonchev–Trinajstić information content (AvgIpc) is 3.19. The van der Waals surface area contributed by atoms with Crippen LogP contribution in [0.3, 0.4) is 0 Å². The molecule has 0 N–H and O–H groups in total. The summed E-state index contributed by atoms with van der Waals surface area (Å²) in [7, 11) is 0. The van der Waals surface area contributed by atoms with E-state index in [0.29, 0.717) is 6.54 Å². The normalized spacial score (nSPS) is 29.1. The summed E-state index contributed by atoms with van der Waals surface area (Å²) in [5.41, 5.74) is 1.85. The number of terminal acetylenes is 1. The van der Waals surface area contributed by atoms with E-state index in [2.05, 4.69) is 23.2 Å². The van der Waals surface area contributed by atoms with Gasteiger partial charge in [0.25, 0.3) is 11.8 Å². The van der Waals surface area contributed by atoms with E-state index in [9.17, 15) is 9.59 Å². The van der Waals surface area contributed by atoms with Gasteiger partial charge in [-0.1, -0.05) is 36.3 Å². The first kappa shape index (κ1) is 16.1. The molecule has 0 spiro atoms. The van der Waals surface area contributed by atoms with Crippen LogP contribution in [0.5, 0.6) is 0 Å². The topological polar surface area (TPSA) is 54.7 Å². The van der Waals surface area contributed by atoms with Gasteiger partial charge in [-0.15, -0.1) is 6.42 Å². The maximum atomic E-state index is 12.9. The summed E-state index contributed by atoms with van der Waals surface area (Å²) in [5.74, 6) is 2.21. The Morgan fingerprint density at radius 1 is 1.11 bits per heavy atom. The minimum Gasteiger partial charge on any atom is -0.335 e. The number of carbonyl (C=O) groups excluding carboxylic acids is 2. The van der Waals surface area contributed by atoms with Crippen molar-refractivity contribution in [2.45, 2.75) is 19.4 Å². The second-order valence-electron chi connectivity index (χ2n) is 7.51. The van der Waals surface area contributed by atoms with Crippen molar-refractivity contribution >= 4 is 28.9 Å². The van der Waals surface area contributed by atoms with Crippen molar-refractivity contribution in [1.82, 2.24) is 9.58 Å². The first-order valence-corrected chi connectivity index (χ1v) is 9.30. The Kier molecular flexibility index (Phi) is 3.54. The van der Waals surface area contributed by atoms with Gasteiger partial charge in [0.05, 0.1) is 24.6 Å². The van der Waals surface area contributed by atoms with E-state index in [-0.39, 0.29) is 35.5 Å². The highest BCUT2D eigenvalue weighted by molar-refractivity contribution is 6.07. The van der Waals surface area contributed by atoms with Crippen molar-refractivity contribution in [3.63, 3.8) is 0 Å². The van der Waals surface area contributed by atoms with Gasteiger partial charge in [-0.2, -0.15) is 10.1 Å². The van der Waals surface area contributed by atoms with Crippen LogP contribution in [-0.2, 0) is 16.1 Å². The second kappa shape index (κ2) is 5.95. The number of allylic oxidation sites excluding steroid dienone is 2. The molecule has 2 fully saturated rings. The molecule has 6 rings (SSSR count). The molecule has 0 radical (unpaired) electrons. The van der Waals surface area contributed by atoms with Gasteiger partial charge < -0.3 is 4.57 Å². The fourth-order valence-electron chi connectivity index (χ4n) is 4.90. The number of amides is 2. The van der Waals surface area contributed by atoms with Crippen LogP contribution in [-0.4, -0.2) is 27.6 Å². The highest BCUT2D eigenvalue weighted by Crippen LogP contribution is 2.49. The number of hydrazone groups is 1. The average molecular weight is 357 g/mol. The molecule has 5 heteroatoms. The summed E-state index contributed by atoms with van der Waals surface area (Å²) < 4.78 is 1.97. The molecule has 4 atom stereocenters. The number of fused-ring (bicyclic) bond motifs is 2. The first-order chi connectivity index (χ1) is 13.2. The van der Waals surface area contributed by atoms with Gasteiger partial charge in [0, 0.05) is 22.7 Å². The van der Waals surface area contributed by atoms with Crippen LogP contribution in [0.1, 0.15) is 18.4 Å². The number of para-hydroxylation sites is 1. The molecule has 0 unspecified atom stereocenters.